The van der Waals surface area contributed by atoms with Crippen molar-refractivity contribution >= 4 is 0 Å². The SMILES string of the molecule is CC(C)c1cn(C)nc1CCCN. The van der Waals surface area contributed by atoms with Crippen LogP contribution in [0.5, 0.6) is 0 Å². The van der Waals surface area contributed by atoms with Gasteiger partial charge in [-0.05, 0) is 30.9 Å². The van der Waals surface area contributed by atoms with Gasteiger partial charge in [0.1, 0.15) is 0 Å². The summed E-state index contributed by atoms with van der Waals surface area (Å²) in [4.78, 5) is 0. The van der Waals surface area contributed by atoms with Crippen LogP contribution in [-0.4, -0.2) is 16.3 Å². The van der Waals surface area contributed by atoms with Gasteiger partial charge in [0, 0.05) is 13.2 Å². The molecule has 0 fully saturated rings. The summed E-state index contributed by atoms with van der Waals surface area (Å²) in [6.45, 7) is 5.14. The third-order valence-corrected chi connectivity index (χ3v) is 2.18. The molecule has 0 unspecified atom stereocenters. The number of rotatable bonds is 4. The van der Waals surface area contributed by atoms with Crippen LogP contribution in [0.3, 0.4) is 0 Å². The molecule has 1 aromatic heterocycles. The van der Waals surface area contributed by atoms with Crippen LogP contribution in [0.25, 0.3) is 0 Å². The quantitative estimate of drug-likeness (QED) is 0.763. The van der Waals surface area contributed by atoms with Gasteiger partial charge in [0.05, 0.1) is 5.69 Å². The van der Waals surface area contributed by atoms with Gasteiger partial charge in [-0.3, -0.25) is 4.68 Å². The molecular weight excluding hydrogens is 162 g/mol. The van der Waals surface area contributed by atoms with Crippen LogP contribution in [0.15, 0.2) is 6.20 Å². The molecule has 0 saturated carbocycles. The molecule has 0 bridgehead atoms. The van der Waals surface area contributed by atoms with Crippen LogP contribution in [-0.2, 0) is 13.5 Å². The van der Waals surface area contributed by atoms with Gasteiger partial charge in [-0.15, -0.1) is 0 Å². The summed E-state index contributed by atoms with van der Waals surface area (Å²) in [7, 11) is 1.97. The Morgan fingerprint density at radius 3 is 2.77 bits per heavy atom. The largest absolute Gasteiger partial charge is 0.330 e. The monoisotopic (exact) mass is 181 g/mol. The van der Waals surface area contributed by atoms with E-state index in [1.807, 2.05) is 11.7 Å². The maximum absolute atomic E-state index is 5.47. The van der Waals surface area contributed by atoms with E-state index in [0.717, 1.165) is 19.4 Å². The second-order valence-corrected chi connectivity index (χ2v) is 3.75. The molecule has 0 aliphatic heterocycles. The molecular formula is C10H19N3. The molecule has 3 heteroatoms. The van der Waals surface area contributed by atoms with Crippen molar-refractivity contribution in [2.24, 2.45) is 12.8 Å². The van der Waals surface area contributed by atoms with Gasteiger partial charge < -0.3 is 5.73 Å². The van der Waals surface area contributed by atoms with Gasteiger partial charge in [-0.2, -0.15) is 5.10 Å². The predicted octanol–water partition coefficient (Wildman–Crippen LogP) is 1.43. The molecule has 13 heavy (non-hydrogen) atoms. The Balaban J connectivity index is 2.78. The first-order chi connectivity index (χ1) is 6.15. The Kier molecular flexibility index (Phi) is 3.48. The van der Waals surface area contributed by atoms with Crippen LogP contribution in [0, 0.1) is 0 Å². The average molecular weight is 181 g/mol. The molecule has 0 aliphatic rings. The zero-order valence-electron chi connectivity index (χ0n) is 8.75. The number of aromatic nitrogens is 2. The van der Waals surface area contributed by atoms with Crippen LogP contribution in [0.4, 0.5) is 0 Å². The van der Waals surface area contributed by atoms with E-state index in [-0.39, 0.29) is 0 Å². The zero-order chi connectivity index (χ0) is 9.84. The third-order valence-electron chi connectivity index (χ3n) is 2.18. The van der Waals surface area contributed by atoms with Gasteiger partial charge >= 0.3 is 0 Å². The van der Waals surface area contributed by atoms with Crippen molar-refractivity contribution in [3.05, 3.63) is 17.5 Å². The lowest BCUT2D eigenvalue weighted by molar-refractivity contribution is 0.721. The Labute approximate surface area is 79.9 Å². The highest BCUT2D eigenvalue weighted by atomic mass is 15.2. The number of hydrogen-bond donors (Lipinski definition) is 1. The highest BCUT2D eigenvalue weighted by Gasteiger charge is 2.09. The maximum atomic E-state index is 5.47. The van der Waals surface area contributed by atoms with Crippen molar-refractivity contribution in [2.75, 3.05) is 6.54 Å². The summed E-state index contributed by atoms with van der Waals surface area (Å²) < 4.78 is 1.89. The molecule has 1 heterocycles. The van der Waals surface area contributed by atoms with Crippen molar-refractivity contribution in [2.45, 2.75) is 32.6 Å². The lowest BCUT2D eigenvalue weighted by atomic mass is 10.0. The van der Waals surface area contributed by atoms with Crippen molar-refractivity contribution in [3.8, 4) is 0 Å². The topological polar surface area (TPSA) is 43.8 Å². The minimum Gasteiger partial charge on any atom is -0.330 e. The van der Waals surface area contributed by atoms with E-state index in [1.165, 1.54) is 11.3 Å². The summed E-state index contributed by atoms with van der Waals surface area (Å²) in [5.41, 5.74) is 8.04. The van der Waals surface area contributed by atoms with Gasteiger partial charge in [-0.1, -0.05) is 13.8 Å². The second-order valence-electron chi connectivity index (χ2n) is 3.75. The van der Waals surface area contributed by atoms with Crippen LogP contribution < -0.4 is 5.73 Å². The second kappa shape index (κ2) is 4.42. The summed E-state index contributed by atoms with van der Waals surface area (Å²) in [6, 6.07) is 0. The number of aryl methyl sites for hydroxylation is 2. The molecule has 0 aromatic carbocycles. The molecule has 2 N–H and O–H groups in total. The van der Waals surface area contributed by atoms with Gasteiger partial charge in [0.15, 0.2) is 0 Å². The fourth-order valence-electron chi connectivity index (χ4n) is 1.50. The lowest BCUT2D eigenvalue weighted by Gasteiger charge is -2.03. The van der Waals surface area contributed by atoms with E-state index >= 15 is 0 Å². The minimum absolute atomic E-state index is 0.557. The zero-order valence-corrected chi connectivity index (χ0v) is 8.75. The molecule has 1 aromatic rings. The fourth-order valence-corrected chi connectivity index (χ4v) is 1.50. The Bertz CT molecular complexity index is 263. The maximum Gasteiger partial charge on any atom is 0.0659 e. The van der Waals surface area contributed by atoms with Crippen molar-refractivity contribution in [1.82, 2.24) is 9.78 Å². The first-order valence-corrected chi connectivity index (χ1v) is 4.87. The van der Waals surface area contributed by atoms with E-state index in [2.05, 4.69) is 25.1 Å². The number of nitrogens with zero attached hydrogens (tertiary/aromatic N) is 2. The standard InChI is InChI=1S/C10H19N3/c1-8(2)9-7-13(3)12-10(9)5-4-6-11/h7-8H,4-6,11H2,1-3H3. The molecule has 0 radical (unpaired) electrons. The molecule has 0 atom stereocenters. The van der Waals surface area contributed by atoms with E-state index < -0.39 is 0 Å². The Morgan fingerprint density at radius 1 is 1.54 bits per heavy atom. The molecule has 0 saturated heterocycles. The lowest BCUT2D eigenvalue weighted by Crippen LogP contribution is -2.02. The minimum atomic E-state index is 0.557. The van der Waals surface area contributed by atoms with E-state index in [4.69, 9.17) is 5.73 Å². The first-order valence-electron chi connectivity index (χ1n) is 4.87. The highest BCUT2D eigenvalue weighted by molar-refractivity contribution is 5.20. The molecule has 1 rings (SSSR count). The number of nitrogens with two attached hydrogens (primary N) is 1. The van der Waals surface area contributed by atoms with Crippen molar-refractivity contribution < 1.29 is 0 Å². The Hall–Kier alpha value is -0.830. The van der Waals surface area contributed by atoms with Crippen LogP contribution >= 0.6 is 0 Å². The summed E-state index contributed by atoms with van der Waals surface area (Å²) in [5, 5.41) is 4.43. The molecule has 0 amide bonds. The van der Waals surface area contributed by atoms with Crippen LogP contribution in [0.2, 0.25) is 0 Å². The smallest absolute Gasteiger partial charge is 0.0659 e. The van der Waals surface area contributed by atoms with E-state index in [0.29, 0.717) is 5.92 Å². The van der Waals surface area contributed by atoms with Crippen LogP contribution in [0.1, 0.15) is 37.4 Å². The molecule has 0 spiro atoms. The summed E-state index contributed by atoms with van der Waals surface area (Å²) in [6.07, 6.45) is 4.14. The van der Waals surface area contributed by atoms with Gasteiger partial charge in [0.25, 0.3) is 0 Å². The van der Waals surface area contributed by atoms with Gasteiger partial charge in [0.2, 0.25) is 0 Å². The van der Waals surface area contributed by atoms with Gasteiger partial charge in [-0.25, -0.2) is 0 Å². The van der Waals surface area contributed by atoms with Crippen molar-refractivity contribution in [3.63, 3.8) is 0 Å². The van der Waals surface area contributed by atoms with E-state index in [9.17, 15) is 0 Å². The Morgan fingerprint density at radius 2 is 2.23 bits per heavy atom. The van der Waals surface area contributed by atoms with Crippen molar-refractivity contribution in [1.29, 1.82) is 0 Å². The fraction of sp³-hybridized carbons (Fsp3) is 0.700. The third kappa shape index (κ3) is 2.56. The molecule has 74 valence electrons. The summed E-state index contributed by atoms with van der Waals surface area (Å²) in [5.74, 6) is 0.557. The molecule has 0 aliphatic carbocycles. The predicted molar refractivity (Wildman–Crippen MR) is 54.7 cm³/mol. The van der Waals surface area contributed by atoms with E-state index in [1.54, 1.807) is 0 Å². The normalized spacial score (nSPS) is 11.2. The first kappa shape index (κ1) is 10.3. The number of hydrogen-bond acceptors (Lipinski definition) is 2. The highest BCUT2D eigenvalue weighted by Crippen LogP contribution is 2.18. The molecule has 3 nitrogen and oxygen atoms in total. The summed E-state index contributed by atoms with van der Waals surface area (Å²) >= 11 is 0. The average Bonchev–Trinajstić information content (AvgIpc) is 2.43.